The minimum absolute atomic E-state index is 0.0407. The first-order valence-corrected chi connectivity index (χ1v) is 7.38. The molecular formula is C16H18N2O5. The van der Waals surface area contributed by atoms with Crippen molar-refractivity contribution in [3.05, 3.63) is 35.4 Å². The molecule has 0 spiro atoms. The molecule has 2 fully saturated rings. The molecule has 23 heavy (non-hydrogen) atoms. The molecule has 1 aromatic carbocycles. The molecule has 3 rings (SSSR count). The molecule has 0 aromatic heterocycles. The van der Waals surface area contributed by atoms with Gasteiger partial charge < -0.3 is 21.3 Å². The van der Waals surface area contributed by atoms with Crippen molar-refractivity contribution in [3.63, 3.8) is 0 Å². The van der Waals surface area contributed by atoms with E-state index in [2.05, 4.69) is 5.32 Å². The predicted molar refractivity (Wildman–Crippen MR) is 79.7 cm³/mol. The number of hydrogen-bond acceptors (Lipinski definition) is 4. The highest BCUT2D eigenvalue weighted by Gasteiger charge is 2.74. The molecule has 0 bridgehead atoms. The van der Waals surface area contributed by atoms with Gasteiger partial charge in [0.05, 0.1) is 5.92 Å². The van der Waals surface area contributed by atoms with Crippen molar-refractivity contribution in [2.24, 2.45) is 23.5 Å². The van der Waals surface area contributed by atoms with E-state index in [0.717, 1.165) is 5.56 Å². The number of carboxylic acid groups (broad SMARTS) is 2. The molecular weight excluding hydrogens is 300 g/mol. The molecule has 5 atom stereocenters. The molecule has 0 aliphatic heterocycles. The number of hydrogen-bond donors (Lipinski definition) is 4. The van der Waals surface area contributed by atoms with Gasteiger partial charge in [0.15, 0.2) is 0 Å². The zero-order chi connectivity index (χ0) is 16.9. The average Bonchev–Trinajstić information content (AvgIpc) is 3.16. The molecule has 2 aliphatic carbocycles. The number of benzene rings is 1. The van der Waals surface area contributed by atoms with Crippen molar-refractivity contribution in [1.82, 2.24) is 5.32 Å². The van der Waals surface area contributed by atoms with E-state index in [1.807, 2.05) is 6.92 Å². The predicted octanol–water partition coefficient (Wildman–Crippen LogP) is 0.226. The monoisotopic (exact) mass is 318 g/mol. The molecule has 2 aliphatic rings. The minimum Gasteiger partial charge on any atom is -0.481 e. The first-order chi connectivity index (χ1) is 10.8. The van der Waals surface area contributed by atoms with Crippen LogP contribution < -0.4 is 11.1 Å². The first-order valence-electron chi connectivity index (χ1n) is 7.38. The van der Waals surface area contributed by atoms with Gasteiger partial charge >= 0.3 is 11.9 Å². The number of carbonyl (C=O) groups is 3. The van der Waals surface area contributed by atoms with E-state index in [-0.39, 0.29) is 12.3 Å². The Balaban J connectivity index is 1.78. The van der Waals surface area contributed by atoms with Crippen LogP contribution in [-0.2, 0) is 9.59 Å². The van der Waals surface area contributed by atoms with Crippen LogP contribution in [0, 0.1) is 24.7 Å². The molecule has 0 radical (unpaired) electrons. The molecule has 5 N–H and O–H groups in total. The molecule has 0 unspecified atom stereocenters. The van der Waals surface area contributed by atoms with E-state index in [1.54, 1.807) is 24.3 Å². The van der Waals surface area contributed by atoms with Crippen LogP contribution in [0.25, 0.3) is 0 Å². The van der Waals surface area contributed by atoms with E-state index in [9.17, 15) is 24.6 Å². The van der Waals surface area contributed by atoms with Crippen LogP contribution in [0.4, 0.5) is 0 Å². The largest absolute Gasteiger partial charge is 0.481 e. The van der Waals surface area contributed by atoms with Crippen molar-refractivity contribution < 1.29 is 24.6 Å². The number of rotatable bonds is 4. The van der Waals surface area contributed by atoms with E-state index < -0.39 is 41.3 Å². The van der Waals surface area contributed by atoms with Crippen LogP contribution in [0.15, 0.2) is 24.3 Å². The van der Waals surface area contributed by atoms with Crippen molar-refractivity contribution in [3.8, 4) is 0 Å². The van der Waals surface area contributed by atoms with Crippen LogP contribution in [0.2, 0.25) is 0 Å². The summed E-state index contributed by atoms with van der Waals surface area (Å²) in [7, 11) is 0. The smallest absolute Gasteiger partial charge is 0.324 e. The Labute approximate surface area is 132 Å². The zero-order valence-corrected chi connectivity index (χ0v) is 12.5. The van der Waals surface area contributed by atoms with E-state index >= 15 is 0 Å². The lowest BCUT2D eigenvalue weighted by atomic mass is 9.90. The van der Waals surface area contributed by atoms with Crippen LogP contribution in [0.1, 0.15) is 22.3 Å². The molecule has 122 valence electrons. The fraction of sp³-hybridized carbons (Fsp3) is 0.438. The average molecular weight is 318 g/mol. The summed E-state index contributed by atoms with van der Waals surface area (Å²) >= 11 is 0. The summed E-state index contributed by atoms with van der Waals surface area (Å²) in [5.41, 5.74) is 5.79. The third-order valence-corrected chi connectivity index (χ3v) is 5.01. The highest BCUT2D eigenvalue weighted by molar-refractivity contribution is 5.95. The number of nitrogens with two attached hydrogens (primary N) is 1. The maximum atomic E-state index is 12.3. The molecule has 1 aromatic rings. The van der Waals surface area contributed by atoms with Crippen molar-refractivity contribution in [2.75, 3.05) is 0 Å². The standard InChI is InChI=1S/C16H18N2O5/c1-7-2-4-8(5-3-7)13(19)18-9-6-16(17,15(22)23)12-10(9)11(12)14(20)21/h2-5,9-12H,6,17H2,1H3,(H,18,19)(H,20,21)(H,22,23)/t9-,10-,11-,12+,16-/m1/s1. The molecule has 0 saturated heterocycles. The van der Waals surface area contributed by atoms with E-state index in [0.29, 0.717) is 5.56 Å². The highest BCUT2D eigenvalue weighted by atomic mass is 16.4. The number of fused-ring (bicyclic) bond motifs is 1. The topological polar surface area (TPSA) is 130 Å². The summed E-state index contributed by atoms with van der Waals surface area (Å²) < 4.78 is 0. The highest BCUT2D eigenvalue weighted by Crippen LogP contribution is 2.61. The van der Waals surface area contributed by atoms with Crippen molar-refractivity contribution in [2.45, 2.75) is 24.9 Å². The molecule has 0 heterocycles. The number of nitrogens with one attached hydrogen (secondary N) is 1. The van der Waals surface area contributed by atoms with Crippen molar-refractivity contribution >= 4 is 17.8 Å². The van der Waals surface area contributed by atoms with Gasteiger partial charge in [-0.1, -0.05) is 17.7 Å². The third kappa shape index (κ3) is 2.37. The number of aryl methyl sites for hydroxylation is 1. The summed E-state index contributed by atoms with van der Waals surface area (Å²) in [4.78, 5) is 35.0. The lowest BCUT2D eigenvalue weighted by molar-refractivity contribution is -0.145. The minimum atomic E-state index is -1.60. The number of carbonyl (C=O) groups excluding carboxylic acids is 1. The van der Waals surface area contributed by atoms with E-state index in [1.165, 1.54) is 0 Å². The van der Waals surface area contributed by atoms with Gasteiger partial charge in [-0.15, -0.1) is 0 Å². The van der Waals surface area contributed by atoms with Gasteiger partial charge in [0.25, 0.3) is 5.91 Å². The normalized spacial score (nSPS) is 34.5. The maximum Gasteiger partial charge on any atom is 0.324 e. The first kappa shape index (κ1) is 15.5. The van der Waals surface area contributed by atoms with Gasteiger partial charge in [0, 0.05) is 17.5 Å². The molecule has 7 heteroatoms. The van der Waals surface area contributed by atoms with Gasteiger partial charge in [-0.3, -0.25) is 14.4 Å². The summed E-state index contributed by atoms with van der Waals surface area (Å²) in [5.74, 6) is -4.51. The van der Waals surface area contributed by atoms with Gasteiger partial charge in [-0.05, 0) is 31.4 Å². The number of aliphatic carboxylic acids is 2. The summed E-state index contributed by atoms with van der Waals surface area (Å²) in [6, 6.07) is 6.40. The van der Waals surface area contributed by atoms with Crippen LogP contribution in [-0.4, -0.2) is 39.6 Å². The lowest BCUT2D eigenvalue weighted by Crippen LogP contribution is -2.52. The SMILES string of the molecule is Cc1ccc(C(=O)N[C@@H]2C[C@](N)(C(=O)O)[C@@H]3[C@H](C(=O)O)[C@H]32)cc1. The Kier molecular flexibility index (Phi) is 3.40. The fourth-order valence-corrected chi connectivity index (χ4v) is 3.79. The second-order valence-corrected chi connectivity index (χ2v) is 6.46. The van der Waals surface area contributed by atoms with Crippen LogP contribution in [0.3, 0.4) is 0 Å². The fourth-order valence-electron chi connectivity index (χ4n) is 3.79. The van der Waals surface area contributed by atoms with E-state index in [4.69, 9.17) is 5.73 Å². The van der Waals surface area contributed by atoms with Gasteiger partial charge in [-0.25, -0.2) is 0 Å². The summed E-state index contributed by atoms with van der Waals surface area (Å²) in [6.07, 6.45) is 0.0407. The van der Waals surface area contributed by atoms with Crippen LogP contribution >= 0.6 is 0 Å². The second kappa shape index (κ2) is 5.06. The Morgan fingerprint density at radius 2 is 1.83 bits per heavy atom. The summed E-state index contributed by atoms with van der Waals surface area (Å²) in [5, 5.41) is 21.3. The number of carboxylic acids is 2. The van der Waals surface area contributed by atoms with Gasteiger partial charge in [0.2, 0.25) is 0 Å². The molecule has 1 amide bonds. The molecule has 7 nitrogen and oxygen atoms in total. The maximum absolute atomic E-state index is 12.3. The van der Waals surface area contributed by atoms with Gasteiger partial charge in [-0.2, -0.15) is 0 Å². The Hall–Kier alpha value is -2.41. The Morgan fingerprint density at radius 1 is 1.22 bits per heavy atom. The van der Waals surface area contributed by atoms with Gasteiger partial charge in [0.1, 0.15) is 5.54 Å². The Bertz CT molecular complexity index is 686. The van der Waals surface area contributed by atoms with Crippen molar-refractivity contribution in [1.29, 1.82) is 0 Å². The third-order valence-electron chi connectivity index (χ3n) is 5.01. The van der Waals surface area contributed by atoms with Crippen LogP contribution in [0.5, 0.6) is 0 Å². The summed E-state index contributed by atoms with van der Waals surface area (Å²) in [6.45, 7) is 1.90. The Morgan fingerprint density at radius 3 is 2.35 bits per heavy atom. The number of amides is 1. The zero-order valence-electron chi connectivity index (χ0n) is 12.5. The lowest BCUT2D eigenvalue weighted by Gasteiger charge is -2.25. The second-order valence-electron chi connectivity index (χ2n) is 6.46. The molecule has 2 saturated carbocycles. The quantitative estimate of drug-likeness (QED) is 0.628.